The van der Waals surface area contributed by atoms with Crippen molar-refractivity contribution in [1.29, 1.82) is 0 Å². The van der Waals surface area contributed by atoms with E-state index in [0.717, 1.165) is 22.5 Å². The summed E-state index contributed by atoms with van der Waals surface area (Å²) in [7, 11) is -3.86. The summed E-state index contributed by atoms with van der Waals surface area (Å²) in [4.78, 5) is 39.5. The van der Waals surface area contributed by atoms with Crippen LogP contribution >= 0.6 is 0 Å². The number of Topliss-reactive ketones (excluding diaryl/α,β-unsaturated/α-hetero) is 1. The average Bonchev–Trinajstić information content (AvgIpc) is 2.80. The molecule has 0 aliphatic rings. The number of benzene rings is 2. The second-order valence-corrected chi connectivity index (χ2v) is 10.3. The number of sulfonamides is 1. The molecule has 9 heteroatoms. The molecule has 2 aromatic carbocycles. The van der Waals surface area contributed by atoms with Crippen LogP contribution < -0.4 is 9.62 Å². The normalized spacial score (nSPS) is 13.0. The van der Waals surface area contributed by atoms with Crippen LogP contribution in [0.1, 0.15) is 50.0 Å². The molecule has 0 saturated carbocycles. The van der Waals surface area contributed by atoms with Gasteiger partial charge in [0.05, 0.1) is 11.9 Å². The minimum Gasteiger partial charge on any atom is -0.352 e. The number of hydrogen-bond donors (Lipinski definition) is 1. The maximum Gasteiger partial charge on any atom is 0.244 e. The predicted octanol–water partition coefficient (Wildman–Crippen LogP) is 2.99. The number of carbonyl (C=O) groups is 3. The molecular weight excluding hydrogens is 454 g/mol. The molecule has 0 radical (unpaired) electrons. The van der Waals surface area contributed by atoms with Crippen LogP contribution in [0.3, 0.4) is 0 Å². The molecule has 0 unspecified atom stereocenters. The Balaban J connectivity index is 2.40. The first-order valence-corrected chi connectivity index (χ1v) is 13.0. The summed E-state index contributed by atoms with van der Waals surface area (Å²) < 4.78 is 26.2. The number of carbonyl (C=O) groups excluding carboxylic acids is 3. The van der Waals surface area contributed by atoms with Gasteiger partial charge in [0, 0.05) is 18.2 Å². The number of ketones is 1. The summed E-state index contributed by atoms with van der Waals surface area (Å²) in [6.07, 6.45) is 1.74. The van der Waals surface area contributed by atoms with E-state index >= 15 is 0 Å². The molecule has 0 aromatic heterocycles. The molecule has 2 atom stereocenters. The minimum atomic E-state index is -3.86. The lowest BCUT2D eigenvalue weighted by atomic mass is 10.1. The van der Waals surface area contributed by atoms with Crippen LogP contribution in [-0.4, -0.2) is 55.8 Å². The summed E-state index contributed by atoms with van der Waals surface area (Å²) in [5.74, 6) is -1.07. The number of anilines is 1. The molecule has 1 N–H and O–H groups in total. The maximum absolute atomic E-state index is 13.5. The van der Waals surface area contributed by atoms with Crippen molar-refractivity contribution in [2.45, 2.75) is 52.7 Å². The molecule has 0 saturated heterocycles. The van der Waals surface area contributed by atoms with Crippen molar-refractivity contribution in [2.24, 2.45) is 0 Å². The van der Waals surface area contributed by atoms with Crippen LogP contribution in [0.2, 0.25) is 0 Å². The van der Waals surface area contributed by atoms with Gasteiger partial charge in [-0.1, -0.05) is 49.4 Å². The third kappa shape index (κ3) is 7.41. The van der Waals surface area contributed by atoms with Crippen molar-refractivity contribution >= 4 is 33.3 Å². The Morgan fingerprint density at radius 2 is 1.65 bits per heavy atom. The minimum absolute atomic E-state index is 0.0644. The lowest BCUT2D eigenvalue weighted by Gasteiger charge is -2.32. The standard InChI is InChI=1S/C25H33N3O5S/c1-6-18(2)26-25(31)19(3)27(16-21-11-8-7-9-12-21)24(30)17-28(34(5,32)33)23-14-10-13-22(15-23)20(4)29/h7-15,18-19H,6,16-17H2,1-5H3,(H,26,31)/t18-,19-/m0/s1. The number of rotatable bonds is 11. The van der Waals surface area contributed by atoms with Crippen molar-refractivity contribution in [1.82, 2.24) is 10.2 Å². The topological polar surface area (TPSA) is 104 Å². The van der Waals surface area contributed by atoms with Crippen molar-refractivity contribution in [3.05, 3.63) is 65.7 Å². The highest BCUT2D eigenvalue weighted by Crippen LogP contribution is 2.21. The van der Waals surface area contributed by atoms with Gasteiger partial charge < -0.3 is 10.2 Å². The second-order valence-electron chi connectivity index (χ2n) is 8.38. The summed E-state index contributed by atoms with van der Waals surface area (Å²) in [5.41, 5.74) is 1.35. The second kappa shape index (κ2) is 11.8. The molecular formula is C25H33N3O5S. The molecule has 0 fully saturated rings. The lowest BCUT2D eigenvalue weighted by molar-refractivity contribution is -0.139. The first kappa shape index (κ1) is 27.0. The third-order valence-corrected chi connectivity index (χ3v) is 6.72. The van der Waals surface area contributed by atoms with Gasteiger partial charge in [-0.3, -0.25) is 18.7 Å². The van der Waals surface area contributed by atoms with E-state index in [4.69, 9.17) is 0 Å². The zero-order valence-electron chi connectivity index (χ0n) is 20.3. The average molecular weight is 488 g/mol. The zero-order valence-corrected chi connectivity index (χ0v) is 21.1. The van der Waals surface area contributed by atoms with E-state index in [1.54, 1.807) is 19.1 Å². The fourth-order valence-electron chi connectivity index (χ4n) is 3.32. The summed E-state index contributed by atoms with van der Waals surface area (Å²) >= 11 is 0. The largest absolute Gasteiger partial charge is 0.352 e. The molecule has 0 aliphatic heterocycles. The fourth-order valence-corrected chi connectivity index (χ4v) is 4.16. The quantitative estimate of drug-likeness (QED) is 0.491. The van der Waals surface area contributed by atoms with Crippen LogP contribution in [-0.2, 0) is 26.2 Å². The Kier molecular flexibility index (Phi) is 9.37. The van der Waals surface area contributed by atoms with Gasteiger partial charge in [-0.15, -0.1) is 0 Å². The van der Waals surface area contributed by atoms with Gasteiger partial charge in [-0.25, -0.2) is 8.42 Å². The summed E-state index contributed by atoms with van der Waals surface area (Å²) in [5, 5.41) is 2.88. The number of nitrogens with zero attached hydrogens (tertiary/aromatic N) is 2. The van der Waals surface area contributed by atoms with E-state index in [0.29, 0.717) is 5.56 Å². The van der Waals surface area contributed by atoms with E-state index in [1.807, 2.05) is 44.2 Å². The van der Waals surface area contributed by atoms with E-state index in [1.165, 1.54) is 24.0 Å². The molecule has 34 heavy (non-hydrogen) atoms. The van der Waals surface area contributed by atoms with E-state index in [2.05, 4.69) is 5.32 Å². The molecule has 0 aliphatic carbocycles. The summed E-state index contributed by atoms with van der Waals surface area (Å²) in [6, 6.07) is 14.4. The maximum atomic E-state index is 13.5. The first-order valence-electron chi connectivity index (χ1n) is 11.2. The molecule has 8 nitrogen and oxygen atoms in total. The molecule has 2 rings (SSSR count). The highest BCUT2D eigenvalue weighted by atomic mass is 32.2. The van der Waals surface area contributed by atoms with E-state index in [9.17, 15) is 22.8 Å². The van der Waals surface area contributed by atoms with Gasteiger partial charge in [0.2, 0.25) is 21.8 Å². The summed E-state index contributed by atoms with van der Waals surface area (Å²) in [6.45, 7) is 6.46. The first-order chi connectivity index (χ1) is 15.9. The van der Waals surface area contributed by atoms with Crippen LogP contribution in [0.4, 0.5) is 5.69 Å². The SMILES string of the molecule is CC[C@H](C)NC(=O)[C@H](C)N(Cc1ccccc1)C(=O)CN(c1cccc(C(C)=O)c1)S(C)(=O)=O. The van der Waals surface area contributed by atoms with Gasteiger partial charge in [-0.2, -0.15) is 0 Å². The van der Waals surface area contributed by atoms with Gasteiger partial charge in [-0.05, 0) is 44.9 Å². The fraction of sp³-hybridized carbons (Fsp3) is 0.400. The Labute approximate surface area is 202 Å². The highest BCUT2D eigenvalue weighted by molar-refractivity contribution is 7.92. The van der Waals surface area contributed by atoms with E-state index in [-0.39, 0.29) is 30.0 Å². The van der Waals surface area contributed by atoms with Gasteiger partial charge >= 0.3 is 0 Å². The van der Waals surface area contributed by atoms with Crippen LogP contribution in [0.25, 0.3) is 0 Å². The van der Waals surface area contributed by atoms with Crippen molar-refractivity contribution in [3.8, 4) is 0 Å². The highest BCUT2D eigenvalue weighted by Gasteiger charge is 2.30. The van der Waals surface area contributed by atoms with Gasteiger partial charge in [0.15, 0.2) is 5.78 Å². The zero-order chi connectivity index (χ0) is 25.5. The monoisotopic (exact) mass is 487 g/mol. The third-order valence-electron chi connectivity index (χ3n) is 5.58. The van der Waals surface area contributed by atoms with Gasteiger partial charge in [0.25, 0.3) is 0 Å². The van der Waals surface area contributed by atoms with Crippen LogP contribution in [0.15, 0.2) is 54.6 Å². The molecule has 0 heterocycles. The number of amides is 2. The smallest absolute Gasteiger partial charge is 0.244 e. The number of hydrogen-bond acceptors (Lipinski definition) is 5. The lowest BCUT2D eigenvalue weighted by Crippen LogP contribution is -2.52. The molecule has 2 aromatic rings. The molecule has 0 spiro atoms. The Morgan fingerprint density at radius 1 is 1.00 bits per heavy atom. The van der Waals surface area contributed by atoms with Crippen molar-refractivity contribution in [3.63, 3.8) is 0 Å². The van der Waals surface area contributed by atoms with E-state index < -0.39 is 28.5 Å². The Morgan fingerprint density at radius 3 is 2.21 bits per heavy atom. The predicted molar refractivity (Wildman–Crippen MR) is 133 cm³/mol. The van der Waals surface area contributed by atoms with Crippen molar-refractivity contribution in [2.75, 3.05) is 17.1 Å². The molecule has 2 amide bonds. The van der Waals surface area contributed by atoms with Gasteiger partial charge in [0.1, 0.15) is 12.6 Å². The molecule has 184 valence electrons. The number of nitrogens with one attached hydrogen (secondary N) is 1. The Bertz CT molecular complexity index is 1120. The van der Waals surface area contributed by atoms with Crippen LogP contribution in [0, 0.1) is 0 Å². The van der Waals surface area contributed by atoms with Crippen molar-refractivity contribution < 1.29 is 22.8 Å². The molecule has 0 bridgehead atoms. The van der Waals surface area contributed by atoms with Crippen LogP contribution in [0.5, 0.6) is 0 Å². The Hall–Kier alpha value is -3.20.